The average Bonchev–Trinajstić information content (AvgIpc) is 2.20. The van der Waals surface area contributed by atoms with Gasteiger partial charge in [-0.05, 0) is 31.6 Å². The van der Waals surface area contributed by atoms with Crippen LogP contribution in [0.1, 0.15) is 13.8 Å². The molecule has 0 saturated carbocycles. The van der Waals surface area contributed by atoms with Crippen molar-refractivity contribution < 1.29 is 8.23 Å². The largest absolute Gasteiger partial charge is 0.463 e. The Morgan fingerprint density at radius 1 is 1.35 bits per heavy atom. The van der Waals surface area contributed by atoms with E-state index in [0.717, 1.165) is 6.54 Å². The monoisotopic (exact) mass is 310 g/mol. The van der Waals surface area contributed by atoms with E-state index in [4.69, 9.17) is 14.0 Å². The zero-order chi connectivity index (χ0) is 13.3. The lowest BCUT2D eigenvalue weighted by Crippen LogP contribution is -2.54. The van der Waals surface area contributed by atoms with Crippen molar-refractivity contribution in [2.75, 3.05) is 13.1 Å². The SMILES string of the molecule is CC(C)C[Si](C)(NCCN)O[SiH2][SiH2]O[SiH](C)C. The second-order valence-corrected chi connectivity index (χ2v) is 16.4. The zero-order valence-corrected chi connectivity index (χ0v) is 17.1. The number of nitrogens with two attached hydrogens (primary N) is 1. The highest BCUT2D eigenvalue weighted by Crippen LogP contribution is 2.14. The molecule has 0 radical (unpaired) electrons. The van der Waals surface area contributed by atoms with Gasteiger partial charge >= 0.3 is 0 Å². The van der Waals surface area contributed by atoms with Gasteiger partial charge in [-0.3, -0.25) is 0 Å². The summed E-state index contributed by atoms with van der Waals surface area (Å²) in [7, 11) is -3.25. The Kier molecular flexibility index (Phi) is 10.0. The van der Waals surface area contributed by atoms with Crippen LogP contribution >= 0.6 is 0 Å². The second kappa shape index (κ2) is 9.61. The van der Waals surface area contributed by atoms with Crippen molar-refractivity contribution in [2.24, 2.45) is 11.7 Å². The van der Waals surface area contributed by atoms with E-state index in [1.807, 2.05) is 0 Å². The predicted octanol–water partition coefficient (Wildman–Crippen LogP) is -0.638. The van der Waals surface area contributed by atoms with Gasteiger partial charge in [0.25, 0.3) is 8.48 Å². The molecule has 0 aromatic rings. The highest BCUT2D eigenvalue weighted by atomic mass is 29.2. The van der Waals surface area contributed by atoms with E-state index < -0.39 is 26.8 Å². The first-order valence-electron chi connectivity index (χ1n) is 6.60. The lowest BCUT2D eigenvalue weighted by molar-refractivity contribution is 0.526. The lowest BCUT2D eigenvalue weighted by Gasteiger charge is -2.30. The molecule has 3 N–H and O–H groups in total. The molecule has 0 amide bonds. The summed E-state index contributed by atoms with van der Waals surface area (Å²) < 4.78 is 12.1. The van der Waals surface area contributed by atoms with Gasteiger partial charge in [-0.15, -0.1) is 0 Å². The standard InChI is InChI=1S/C9H30N2O2Si4/c1-9(2)8-17(5,11-7-6-10)13-15-14-12-16(3)4/h9,11,16H,6-8,10,14-15H2,1-5H3. The molecule has 0 aromatic carbocycles. The van der Waals surface area contributed by atoms with Crippen molar-refractivity contribution in [1.82, 2.24) is 4.98 Å². The van der Waals surface area contributed by atoms with Gasteiger partial charge < -0.3 is 18.9 Å². The quantitative estimate of drug-likeness (QED) is 0.416. The maximum absolute atomic E-state index is 6.26. The van der Waals surface area contributed by atoms with Crippen LogP contribution in [0.15, 0.2) is 0 Å². The van der Waals surface area contributed by atoms with Crippen molar-refractivity contribution in [3.8, 4) is 0 Å². The highest BCUT2D eigenvalue weighted by molar-refractivity contribution is 6.99. The minimum Gasteiger partial charge on any atom is -0.463 e. The molecule has 1 atom stereocenters. The van der Waals surface area contributed by atoms with Gasteiger partial charge in [-0.1, -0.05) is 13.8 Å². The first-order valence-corrected chi connectivity index (χ1v) is 17.2. The molecule has 0 rings (SSSR count). The van der Waals surface area contributed by atoms with Crippen LogP contribution in [0.5, 0.6) is 0 Å². The number of hydrogen-bond donors (Lipinski definition) is 2. The molecular weight excluding hydrogens is 280 g/mol. The van der Waals surface area contributed by atoms with Gasteiger partial charge in [0.05, 0.1) is 0 Å². The number of hydrogen-bond acceptors (Lipinski definition) is 4. The second-order valence-electron chi connectivity index (χ2n) is 5.31. The highest BCUT2D eigenvalue weighted by Gasteiger charge is 2.29. The van der Waals surface area contributed by atoms with Crippen molar-refractivity contribution in [3.63, 3.8) is 0 Å². The normalized spacial score (nSPS) is 16.9. The van der Waals surface area contributed by atoms with Gasteiger partial charge in [0.2, 0.25) is 0 Å². The molecule has 4 nitrogen and oxygen atoms in total. The van der Waals surface area contributed by atoms with Crippen molar-refractivity contribution in [3.05, 3.63) is 0 Å². The van der Waals surface area contributed by atoms with Crippen LogP contribution in [0.4, 0.5) is 0 Å². The summed E-state index contributed by atoms with van der Waals surface area (Å²) in [5.41, 5.74) is 5.57. The summed E-state index contributed by atoms with van der Waals surface area (Å²) in [6, 6.07) is 1.17. The molecule has 0 fully saturated rings. The first kappa shape index (κ1) is 17.7. The smallest absolute Gasteiger partial charge is 0.254 e. The molecule has 0 saturated heterocycles. The summed E-state index contributed by atoms with van der Waals surface area (Å²) in [5, 5.41) is 0. The van der Waals surface area contributed by atoms with Crippen LogP contribution in [0.25, 0.3) is 0 Å². The van der Waals surface area contributed by atoms with Crippen LogP contribution in [-0.4, -0.2) is 49.2 Å². The van der Waals surface area contributed by atoms with Crippen molar-refractivity contribution in [2.45, 2.75) is 39.5 Å². The van der Waals surface area contributed by atoms with Crippen LogP contribution in [0.2, 0.25) is 25.7 Å². The van der Waals surface area contributed by atoms with Crippen LogP contribution < -0.4 is 10.7 Å². The van der Waals surface area contributed by atoms with E-state index >= 15 is 0 Å². The molecule has 0 heterocycles. The predicted molar refractivity (Wildman–Crippen MR) is 86.5 cm³/mol. The lowest BCUT2D eigenvalue weighted by atomic mass is 10.3. The van der Waals surface area contributed by atoms with Crippen LogP contribution in [-0.2, 0) is 8.23 Å². The van der Waals surface area contributed by atoms with E-state index in [1.165, 1.54) is 6.04 Å². The van der Waals surface area contributed by atoms with E-state index in [1.54, 1.807) is 0 Å². The van der Waals surface area contributed by atoms with E-state index in [2.05, 4.69) is 38.5 Å². The molecule has 104 valence electrons. The third-order valence-electron chi connectivity index (χ3n) is 2.40. The number of nitrogens with one attached hydrogen (secondary N) is 1. The average molecular weight is 311 g/mol. The first-order chi connectivity index (χ1) is 7.89. The summed E-state index contributed by atoms with van der Waals surface area (Å²) >= 11 is 0. The van der Waals surface area contributed by atoms with Crippen molar-refractivity contribution >= 4 is 36.1 Å². The van der Waals surface area contributed by atoms with E-state index in [9.17, 15) is 0 Å². The van der Waals surface area contributed by atoms with E-state index in [-0.39, 0.29) is 9.28 Å². The molecule has 0 spiro atoms. The maximum Gasteiger partial charge on any atom is 0.254 e. The summed E-state index contributed by atoms with van der Waals surface area (Å²) in [4.78, 5) is 3.57. The minimum absolute atomic E-state index is 0.331. The summed E-state index contributed by atoms with van der Waals surface area (Å²) in [6.07, 6.45) is 0. The van der Waals surface area contributed by atoms with Gasteiger partial charge in [0.15, 0.2) is 27.6 Å². The molecule has 17 heavy (non-hydrogen) atoms. The fourth-order valence-electron chi connectivity index (χ4n) is 1.85. The zero-order valence-electron chi connectivity index (χ0n) is 12.1. The Bertz CT molecular complexity index is 198. The summed E-state index contributed by atoms with van der Waals surface area (Å²) in [6.45, 7) is 12.8. The molecule has 0 aliphatic carbocycles. The molecular formula is C9H30N2O2Si4. The molecule has 0 aromatic heterocycles. The Balaban J connectivity index is 4.00. The molecule has 8 heteroatoms. The van der Waals surface area contributed by atoms with E-state index in [0.29, 0.717) is 12.5 Å². The van der Waals surface area contributed by atoms with Crippen LogP contribution in [0, 0.1) is 5.92 Å². The van der Waals surface area contributed by atoms with Gasteiger partial charge in [-0.25, -0.2) is 0 Å². The number of rotatable bonds is 10. The Labute approximate surface area is 114 Å². The summed E-state index contributed by atoms with van der Waals surface area (Å²) in [5.74, 6) is 0.688. The van der Waals surface area contributed by atoms with Gasteiger partial charge in [0, 0.05) is 13.1 Å². The third kappa shape index (κ3) is 10.3. The fraction of sp³-hybridized carbons (Fsp3) is 1.00. The Hall–Kier alpha value is 0.708. The topological polar surface area (TPSA) is 56.5 Å². The van der Waals surface area contributed by atoms with Crippen LogP contribution in [0.3, 0.4) is 0 Å². The Morgan fingerprint density at radius 2 is 2.00 bits per heavy atom. The van der Waals surface area contributed by atoms with Crippen molar-refractivity contribution in [1.29, 1.82) is 0 Å². The minimum atomic E-state index is -1.70. The van der Waals surface area contributed by atoms with Gasteiger partial charge in [0.1, 0.15) is 0 Å². The fourth-order valence-corrected chi connectivity index (χ4v) is 19.4. The van der Waals surface area contributed by atoms with Gasteiger partial charge in [-0.2, -0.15) is 0 Å². The molecule has 1 unspecified atom stereocenters. The maximum atomic E-state index is 6.26. The third-order valence-corrected chi connectivity index (χ3v) is 16.6. The molecule has 0 aliphatic heterocycles. The molecule has 0 aliphatic rings. The molecule has 0 bridgehead atoms. The Morgan fingerprint density at radius 3 is 2.47 bits per heavy atom.